The fourth-order valence-corrected chi connectivity index (χ4v) is 4.01. The number of aliphatic imine (C=N–C) groups is 2. The fraction of sp³-hybridized carbons (Fsp3) is 0.500. The molecule has 6 nitrogen and oxygen atoms in total. The van der Waals surface area contributed by atoms with Gasteiger partial charge in [-0.25, -0.2) is 4.99 Å². The van der Waals surface area contributed by atoms with Crippen LogP contribution in [-0.4, -0.2) is 30.9 Å². The second-order valence-corrected chi connectivity index (χ2v) is 6.71. The van der Waals surface area contributed by atoms with Crippen molar-refractivity contribution < 1.29 is 4.74 Å². The van der Waals surface area contributed by atoms with E-state index >= 15 is 0 Å². The molecule has 1 aliphatic heterocycles. The summed E-state index contributed by atoms with van der Waals surface area (Å²) in [6.07, 6.45) is 7.33. The topological polar surface area (TPSA) is 89.2 Å². The zero-order chi connectivity index (χ0) is 16.4. The largest absolute Gasteiger partial charge is 0.496 e. The third-order valence-electron chi connectivity index (χ3n) is 4.48. The summed E-state index contributed by atoms with van der Waals surface area (Å²) in [6.45, 7) is 0. The van der Waals surface area contributed by atoms with Crippen molar-refractivity contribution in [2.45, 2.75) is 42.7 Å². The lowest BCUT2D eigenvalue weighted by Gasteiger charge is -2.45. The first-order valence-electron chi connectivity index (χ1n) is 7.81. The average molecular weight is 333 g/mol. The molecule has 0 unspecified atom stereocenters. The van der Waals surface area contributed by atoms with Gasteiger partial charge in [-0.1, -0.05) is 6.42 Å². The van der Waals surface area contributed by atoms with Crippen LogP contribution in [0.3, 0.4) is 0 Å². The minimum Gasteiger partial charge on any atom is -0.496 e. The Balaban J connectivity index is 2.06. The maximum atomic E-state index is 6.24. The van der Waals surface area contributed by atoms with Crippen molar-refractivity contribution >= 4 is 29.4 Å². The van der Waals surface area contributed by atoms with Gasteiger partial charge in [-0.05, 0) is 44.1 Å². The molecule has 0 atom stereocenters. The van der Waals surface area contributed by atoms with Crippen molar-refractivity contribution in [3.05, 3.63) is 18.2 Å². The number of rotatable bonds is 3. The number of anilines is 1. The Kier molecular flexibility index (Phi) is 4.39. The van der Waals surface area contributed by atoms with E-state index in [4.69, 9.17) is 16.2 Å². The van der Waals surface area contributed by atoms with Crippen molar-refractivity contribution in [3.8, 4) is 5.75 Å². The second kappa shape index (κ2) is 6.31. The van der Waals surface area contributed by atoms with Gasteiger partial charge in [0.05, 0.1) is 12.8 Å². The lowest BCUT2D eigenvalue weighted by atomic mass is 9.87. The van der Waals surface area contributed by atoms with Crippen LogP contribution >= 0.6 is 11.8 Å². The molecule has 1 spiro atoms. The monoisotopic (exact) mass is 333 g/mol. The van der Waals surface area contributed by atoms with Gasteiger partial charge in [-0.3, -0.25) is 4.90 Å². The molecule has 1 saturated carbocycles. The third-order valence-corrected chi connectivity index (χ3v) is 5.25. The number of nitrogens with zero attached hydrogens (tertiary/aromatic N) is 3. The molecule has 0 saturated heterocycles. The fourth-order valence-electron chi connectivity index (χ4n) is 3.46. The Morgan fingerprint density at radius 3 is 2.61 bits per heavy atom. The molecule has 124 valence electrons. The molecule has 1 fully saturated rings. The zero-order valence-corrected chi connectivity index (χ0v) is 14.4. The van der Waals surface area contributed by atoms with Gasteiger partial charge in [0, 0.05) is 11.0 Å². The van der Waals surface area contributed by atoms with Gasteiger partial charge in [-0.2, -0.15) is 4.99 Å². The number of hydrogen-bond acceptors (Lipinski definition) is 7. The van der Waals surface area contributed by atoms with Crippen LogP contribution in [-0.2, 0) is 0 Å². The summed E-state index contributed by atoms with van der Waals surface area (Å²) >= 11 is 1.65. The molecule has 7 heteroatoms. The molecule has 1 aromatic rings. The SMILES string of the molecule is COc1cc(N2C(N)=NC(N)=NC23CCCCC3)ccc1SC. The van der Waals surface area contributed by atoms with Crippen LogP contribution in [0.1, 0.15) is 32.1 Å². The zero-order valence-electron chi connectivity index (χ0n) is 13.6. The van der Waals surface area contributed by atoms with Gasteiger partial charge in [0.25, 0.3) is 0 Å². The van der Waals surface area contributed by atoms with E-state index in [0.717, 1.165) is 42.0 Å². The van der Waals surface area contributed by atoms with Gasteiger partial charge in [0.15, 0.2) is 0 Å². The maximum Gasteiger partial charge on any atom is 0.220 e. The van der Waals surface area contributed by atoms with Gasteiger partial charge >= 0.3 is 0 Å². The third kappa shape index (κ3) is 2.85. The molecule has 1 aliphatic carbocycles. The number of ether oxygens (including phenoxy) is 1. The summed E-state index contributed by atoms with van der Waals surface area (Å²) in [5, 5.41) is 0. The van der Waals surface area contributed by atoms with Crippen LogP contribution in [0.25, 0.3) is 0 Å². The van der Waals surface area contributed by atoms with Crippen molar-refractivity contribution in [3.63, 3.8) is 0 Å². The van der Waals surface area contributed by atoms with Crippen LogP contribution < -0.4 is 21.1 Å². The second-order valence-electron chi connectivity index (χ2n) is 5.86. The first-order valence-corrected chi connectivity index (χ1v) is 9.04. The molecule has 3 rings (SSSR count). The normalized spacial score (nSPS) is 20.2. The smallest absolute Gasteiger partial charge is 0.220 e. The van der Waals surface area contributed by atoms with Crippen LogP contribution in [0.2, 0.25) is 0 Å². The molecule has 0 radical (unpaired) electrons. The summed E-state index contributed by atoms with van der Waals surface area (Å²) in [4.78, 5) is 12.0. The van der Waals surface area contributed by atoms with E-state index in [1.54, 1.807) is 18.9 Å². The summed E-state index contributed by atoms with van der Waals surface area (Å²) in [6, 6.07) is 6.09. The maximum absolute atomic E-state index is 6.24. The number of benzene rings is 1. The molecule has 0 aromatic heterocycles. The molecule has 4 N–H and O–H groups in total. The molecule has 0 amide bonds. The van der Waals surface area contributed by atoms with Crippen LogP contribution in [0.15, 0.2) is 33.1 Å². The van der Waals surface area contributed by atoms with Crippen molar-refractivity contribution in [1.82, 2.24) is 0 Å². The minimum atomic E-state index is -0.417. The van der Waals surface area contributed by atoms with Gasteiger partial charge in [-0.15, -0.1) is 11.8 Å². The van der Waals surface area contributed by atoms with Gasteiger partial charge in [0.1, 0.15) is 11.4 Å². The minimum absolute atomic E-state index is 0.272. The van der Waals surface area contributed by atoms with E-state index in [1.807, 2.05) is 29.4 Å². The summed E-state index contributed by atoms with van der Waals surface area (Å²) in [5.74, 6) is 1.50. The summed E-state index contributed by atoms with van der Waals surface area (Å²) in [7, 11) is 1.68. The number of thioether (sulfide) groups is 1. The quantitative estimate of drug-likeness (QED) is 0.830. The first kappa shape index (κ1) is 16.0. The molecular formula is C16H23N5OS. The predicted octanol–water partition coefficient (Wildman–Crippen LogP) is 2.53. The lowest BCUT2D eigenvalue weighted by molar-refractivity contribution is 0.305. The molecule has 2 aliphatic rings. The van der Waals surface area contributed by atoms with E-state index in [2.05, 4.69) is 9.98 Å². The number of methoxy groups -OCH3 is 1. The summed E-state index contributed by atoms with van der Waals surface area (Å²) < 4.78 is 5.51. The average Bonchev–Trinajstić information content (AvgIpc) is 2.54. The molecule has 1 aromatic carbocycles. The molecule has 0 bridgehead atoms. The van der Waals surface area contributed by atoms with Crippen molar-refractivity contribution in [2.24, 2.45) is 21.5 Å². The Hall–Kier alpha value is -1.89. The first-order chi connectivity index (χ1) is 11.1. The standard InChI is InChI=1S/C16H23N5OS/c1-22-12-10-11(6-7-13(12)23-2)21-15(18)19-14(17)20-16(21)8-4-3-5-9-16/h6-7,10H,3-5,8-9H2,1-2H3,(H4,17,18,19,20). The van der Waals surface area contributed by atoms with Crippen molar-refractivity contribution in [2.75, 3.05) is 18.3 Å². The van der Waals surface area contributed by atoms with E-state index in [-0.39, 0.29) is 5.96 Å². The highest BCUT2D eigenvalue weighted by molar-refractivity contribution is 7.98. The van der Waals surface area contributed by atoms with E-state index < -0.39 is 5.66 Å². The van der Waals surface area contributed by atoms with E-state index in [1.165, 1.54) is 6.42 Å². The number of hydrogen-bond donors (Lipinski definition) is 2. The highest BCUT2D eigenvalue weighted by Crippen LogP contribution is 2.41. The highest BCUT2D eigenvalue weighted by Gasteiger charge is 2.42. The Morgan fingerprint density at radius 2 is 1.96 bits per heavy atom. The van der Waals surface area contributed by atoms with Crippen LogP contribution in [0.4, 0.5) is 5.69 Å². The van der Waals surface area contributed by atoms with Gasteiger partial charge < -0.3 is 16.2 Å². The molecular weight excluding hydrogens is 310 g/mol. The number of guanidine groups is 2. The summed E-state index contributed by atoms with van der Waals surface area (Å²) in [5.41, 5.74) is 12.7. The Bertz CT molecular complexity index is 652. The lowest BCUT2D eigenvalue weighted by Crippen LogP contribution is -2.58. The Morgan fingerprint density at radius 1 is 1.22 bits per heavy atom. The predicted molar refractivity (Wildman–Crippen MR) is 96.3 cm³/mol. The Labute approximate surface area is 141 Å². The van der Waals surface area contributed by atoms with Gasteiger partial charge in [0.2, 0.25) is 11.9 Å². The molecule has 1 heterocycles. The van der Waals surface area contributed by atoms with E-state index in [9.17, 15) is 0 Å². The van der Waals surface area contributed by atoms with Crippen molar-refractivity contribution in [1.29, 1.82) is 0 Å². The highest BCUT2D eigenvalue weighted by atomic mass is 32.2. The number of nitrogens with two attached hydrogens (primary N) is 2. The van der Waals surface area contributed by atoms with E-state index in [0.29, 0.717) is 5.96 Å². The molecule has 23 heavy (non-hydrogen) atoms. The van der Waals surface area contributed by atoms with Crippen LogP contribution in [0.5, 0.6) is 5.75 Å². The van der Waals surface area contributed by atoms with Crippen LogP contribution in [0, 0.1) is 0 Å².